The third-order valence-electron chi connectivity index (χ3n) is 6.36. The Morgan fingerprint density at radius 3 is 2.96 bits per heavy atom. The second-order valence-corrected chi connectivity index (χ2v) is 8.31. The topological polar surface area (TPSA) is 38.8 Å². The Morgan fingerprint density at radius 2 is 2.17 bits per heavy atom. The first-order valence-corrected chi connectivity index (χ1v) is 9.90. The Labute approximate surface area is 145 Å². The monoisotopic (exact) mass is 333 g/mol. The highest BCUT2D eigenvalue weighted by molar-refractivity contribution is 5.79. The molecule has 24 heavy (non-hydrogen) atoms. The number of allylic oxidation sites excluding steroid dienone is 2. The maximum absolute atomic E-state index is 13.0. The summed E-state index contributed by atoms with van der Waals surface area (Å²) in [5.41, 5.74) is 0.0333. The lowest BCUT2D eigenvalue weighted by Gasteiger charge is -2.50. The summed E-state index contributed by atoms with van der Waals surface area (Å²) >= 11 is 0. The van der Waals surface area contributed by atoms with Crippen LogP contribution in [0.5, 0.6) is 0 Å². The largest absolute Gasteiger partial charge is 0.380 e. The van der Waals surface area contributed by atoms with Crippen molar-refractivity contribution in [1.82, 2.24) is 4.90 Å². The van der Waals surface area contributed by atoms with Gasteiger partial charge in [0.15, 0.2) is 0 Å². The number of piperidine rings is 1. The molecule has 0 aromatic carbocycles. The molecule has 3 fully saturated rings. The summed E-state index contributed by atoms with van der Waals surface area (Å²) in [5.74, 6) is 1.35. The van der Waals surface area contributed by atoms with Crippen LogP contribution in [-0.4, -0.2) is 49.8 Å². The van der Waals surface area contributed by atoms with Crippen molar-refractivity contribution >= 4 is 5.91 Å². The van der Waals surface area contributed by atoms with E-state index in [1.165, 1.54) is 12.8 Å². The van der Waals surface area contributed by atoms with Gasteiger partial charge in [-0.3, -0.25) is 4.79 Å². The fraction of sp³-hybridized carbons (Fsp3) is 0.850. The van der Waals surface area contributed by atoms with Crippen LogP contribution in [0.4, 0.5) is 0 Å². The molecule has 4 nitrogen and oxygen atoms in total. The van der Waals surface area contributed by atoms with Gasteiger partial charge in [-0.2, -0.15) is 0 Å². The smallest absolute Gasteiger partial charge is 0.226 e. The predicted molar refractivity (Wildman–Crippen MR) is 92.6 cm³/mol. The third-order valence-corrected chi connectivity index (χ3v) is 6.36. The molecule has 0 bridgehead atoms. The maximum atomic E-state index is 13.0. The van der Waals surface area contributed by atoms with Crippen LogP contribution < -0.4 is 0 Å². The minimum Gasteiger partial charge on any atom is -0.380 e. The van der Waals surface area contributed by atoms with E-state index in [0.29, 0.717) is 5.91 Å². The summed E-state index contributed by atoms with van der Waals surface area (Å²) < 4.78 is 12.2. The molecule has 0 aromatic rings. The number of ether oxygens (including phenoxy) is 2. The number of hydrogen-bond donors (Lipinski definition) is 0. The lowest BCUT2D eigenvalue weighted by molar-refractivity contribution is -0.167. The number of rotatable bonds is 5. The van der Waals surface area contributed by atoms with Crippen molar-refractivity contribution in [3.05, 3.63) is 12.2 Å². The van der Waals surface area contributed by atoms with Crippen molar-refractivity contribution in [1.29, 1.82) is 0 Å². The SMILES string of the molecule is O=C([C@@H]1CC=CCC1)N1CC[C@H]2OCCC[C@]2(COCC2CC2)C1. The van der Waals surface area contributed by atoms with E-state index in [2.05, 4.69) is 17.1 Å². The van der Waals surface area contributed by atoms with Crippen molar-refractivity contribution in [3.63, 3.8) is 0 Å². The maximum Gasteiger partial charge on any atom is 0.226 e. The summed E-state index contributed by atoms with van der Waals surface area (Å²) in [6.45, 7) is 4.23. The molecule has 0 unspecified atom stereocenters. The molecule has 0 N–H and O–H groups in total. The number of carbonyl (C=O) groups excluding carboxylic acids is 1. The van der Waals surface area contributed by atoms with Crippen molar-refractivity contribution in [2.24, 2.45) is 17.3 Å². The van der Waals surface area contributed by atoms with E-state index in [1.807, 2.05) is 0 Å². The fourth-order valence-electron chi connectivity index (χ4n) is 4.68. The van der Waals surface area contributed by atoms with Crippen LogP contribution in [-0.2, 0) is 14.3 Å². The number of hydrogen-bond acceptors (Lipinski definition) is 3. The molecule has 4 rings (SSSR count). The highest BCUT2D eigenvalue weighted by atomic mass is 16.5. The predicted octanol–water partition coefficient (Wildman–Crippen LogP) is 3.17. The van der Waals surface area contributed by atoms with Gasteiger partial charge in [-0.1, -0.05) is 12.2 Å². The van der Waals surface area contributed by atoms with Crippen molar-refractivity contribution in [2.75, 3.05) is 32.9 Å². The molecule has 2 aliphatic heterocycles. The number of carbonyl (C=O) groups is 1. The summed E-state index contributed by atoms with van der Waals surface area (Å²) in [7, 11) is 0. The molecule has 4 aliphatic rings. The van der Waals surface area contributed by atoms with E-state index < -0.39 is 0 Å². The minimum atomic E-state index is 0.0333. The highest BCUT2D eigenvalue weighted by Crippen LogP contribution is 2.41. The molecular formula is C20H31NO3. The Balaban J connectivity index is 1.41. The van der Waals surface area contributed by atoms with Crippen LogP contribution in [0.25, 0.3) is 0 Å². The Bertz CT molecular complexity index is 487. The number of fused-ring (bicyclic) bond motifs is 1. The molecule has 2 aliphatic carbocycles. The van der Waals surface area contributed by atoms with Gasteiger partial charge in [-0.05, 0) is 57.3 Å². The molecule has 2 heterocycles. The summed E-state index contributed by atoms with van der Waals surface area (Å²) in [5, 5.41) is 0. The lowest BCUT2D eigenvalue weighted by atomic mass is 9.72. The van der Waals surface area contributed by atoms with E-state index in [4.69, 9.17) is 9.47 Å². The lowest BCUT2D eigenvalue weighted by Crippen LogP contribution is -2.58. The summed E-state index contributed by atoms with van der Waals surface area (Å²) in [6.07, 6.45) is 13.5. The van der Waals surface area contributed by atoms with Crippen LogP contribution in [0.15, 0.2) is 12.2 Å². The molecular weight excluding hydrogens is 302 g/mol. The normalized spacial score (nSPS) is 36.4. The van der Waals surface area contributed by atoms with Gasteiger partial charge in [0, 0.05) is 37.6 Å². The van der Waals surface area contributed by atoms with Crippen LogP contribution >= 0.6 is 0 Å². The van der Waals surface area contributed by atoms with Crippen LogP contribution in [0.2, 0.25) is 0 Å². The molecule has 2 saturated heterocycles. The van der Waals surface area contributed by atoms with Gasteiger partial charge < -0.3 is 14.4 Å². The van der Waals surface area contributed by atoms with Gasteiger partial charge in [0.25, 0.3) is 0 Å². The van der Waals surface area contributed by atoms with Gasteiger partial charge >= 0.3 is 0 Å². The Kier molecular flexibility index (Phi) is 4.95. The highest BCUT2D eigenvalue weighted by Gasteiger charge is 2.48. The molecule has 1 amide bonds. The molecule has 1 saturated carbocycles. The van der Waals surface area contributed by atoms with Crippen LogP contribution in [0.1, 0.15) is 51.4 Å². The first-order valence-electron chi connectivity index (χ1n) is 9.90. The van der Waals surface area contributed by atoms with Crippen molar-refractivity contribution in [3.8, 4) is 0 Å². The van der Waals surface area contributed by atoms with E-state index >= 15 is 0 Å². The van der Waals surface area contributed by atoms with E-state index in [9.17, 15) is 4.79 Å². The number of likely N-dealkylation sites (tertiary alicyclic amines) is 1. The minimum absolute atomic E-state index is 0.0333. The zero-order chi connectivity index (χ0) is 16.4. The molecule has 0 aromatic heterocycles. The third kappa shape index (κ3) is 3.55. The van der Waals surface area contributed by atoms with Crippen LogP contribution in [0, 0.1) is 17.3 Å². The second-order valence-electron chi connectivity index (χ2n) is 8.31. The Hall–Kier alpha value is -0.870. The van der Waals surface area contributed by atoms with E-state index in [-0.39, 0.29) is 17.4 Å². The van der Waals surface area contributed by atoms with E-state index in [1.54, 1.807) is 0 Å². The quantitative estimate of drug-likeness (QED) is 0.726. The average molecular weight is 333 g/mol. The molecule has 3 atom stereocenters. The zero-order valence-corrected chi connectivity index (χ0v) is 14.8. The van der Waals surface area contributed by atoms with Gasteiger partial charge in [0.05, 0.1) is 12.7 Å². The number of amides is 1. The van der Waals surface area contributed by atoms with Crippen molar-refractivity contribution < 1.29 is 14.3 Å². The van der Waals surface area contributed by atoms with Gasteiger partial charge in [0.2, 0.25) is 5.91 Å². The first kappa shape index (κ1) is 16.6. The molecule has 0 spiro atoms. The first-order chi connectivity index (χ1) is 11.8. The Morgan fingerprint density at radius 1 is 1.25 bits per heavy atom. The average Bonchev–Trinajstić information content (AvgIpc) is 3.45. The fourth-order valence-corrected chi connectivity index (χ4v) is 4.68. The van der Waals surface area contributed by atoms with Gasteiger partial charge in [-0.25, -0.2) is 0 Å². The summed E-state index contributed by atoms with van der Waals surface area (Å²) in [6, 6.07) is 0. The van der Waals surface area contributed by atoms with E-state index in [0.717, 1.165) is 77.4 Å². The standard InChI is InChI=1S/C20H31NO3/c22-19(17-5-2-1-3-6-17)21-11-9-18-20(14-21,10-4-12-24-18)15-23-13-16-7-8-16/h1-2,16-18H,3-15H2/t17-,18-,20-/m1/s1. The van der Waals surface area contributed by atoms with Gasteiger partial charge in [0.1, 0.15) is 0 Å². The molecule has 134 valence electrons. The number of nitrogens with zero attached hydrogens (tertiary/aromatic N) is 1. The van der Waals surface area contributed by atoms with Crippen LogP contribution in [0.3, 0.4) is 0 Å². The second kappa shape index (κ2) is 7.17. The van der Waals surface area contributed by atoms with Crippen molar-refractivity contribution in [2.45, 2.75) is 57.5 Å². The molecule has 0 radical (unpaired) electrons. The van der Waals surface area contributed by atoms with Gasteiger partial charge in [-0.15, -0.1) is 0 Å². The molecule has 4 heteroatoms. The zero-order valence-electron chi connectivity index (χ0n) is 14.8. The summed E-state index contributed by atoms with van der Waals surface area (Å²) in [4.78, 5) is 15.1.